The van der Waals surface area contributed by atoms with Gasteiger partial charge in [0, 0.05) is 6.07 Å². The molecule has 0 aliphatic rings. The molecule has 0 atom stereocenters. The fourth-order valence-corrected chi connectivity index (χ4v) is 5.80. The predicted octanol–water partition coefficient (Wildman–Crippen LogP) is 7.75. The molecular weight excluding hydrogens is 697 g/mol. The van der Waals surface area contributed by atoms with Crippen molar-refractivity contribution < 1.29 is 45.6 Å². The van der Waals surface area contributed by atoms with Crippen molar-refractivity contribution in [2.45, 2.75) is 87.8 Å². The van der Waals surface area contributed by atoms with E-state index in [1.54, 1.807) is 6.07 Å². The Bertz CT molecular complexity index is 1710. The minimum absolute atomic E-state index is 0. The van der Waals surface area contributed by atoms with Gasteiger partial charge in [0.15, 0.2) is 11.5 Å². The molecule has 0 saturated carbocycles. The quantitative estimate of drug-likeness (QED) is 0.0657. The summed E-state index contributed by atoms with van der Waals surface area (Å²) in [6.07, 6.45) is 10.8. The van der Waals surface area contributed by atoms with Gasteiger partial charge >= 0.3 is 37.7 Å². The molecule has 0 saturated heterocycles. The molecular formula is C36H42CaO10S2. The molecule has 0 aliphatic heterocycles. The zero-order valence-corrected chi connectivity index (χ0v) is 31.7. The van der Waals surface area contributed by atoms with E-state index in [0.717, 1.165) is 74.3 Å². The van der Waals surface area contributed by atoms with E-state index >= 15 is 0 Å². The van der Waals surface area contributed by atoms with Gasteiger partial charge in [-0.15, -0.1) is 0 Å². The summed E-state index contributed by atoms with van der Waals surface area (Å²) < 4.78 is 75.4. The molecule has 0 aromatic heterocycles. The van der Waals surface area contributed by atoms with E-state index in [4.69, 9.17) is 14.0 Å². The standard InChI is InChI=1S/2C18H22O5S.Ca/c2*1-2-3-4-5-8-14-9-6-7-10-17(14)23-18-12-11-15(13-16(18)19)24(20,21)22;/h2*6-7,9-13,19H,2-5,8H2,1H3,(H,20,21,22);/q;;+2/p-2. The number of rotatable bonds is 16. The van der Waals surface area contributed by atoms with Crippen molar-refractivity contribution in [3.8, 4) is 34.5 Å². The second-order valence-corrected chi connectivity index (χ2v) is 14.0. The first-order valence-electron chi connectivity index (χ1n) is 15.9. The Labute approximate surface area is 319 Å². The van der Waals surface area contributed by atoms with Gasteiger partial charge < -0.3 is 24.2 Å². The molecule has 49 heavy (non-hydrogen) atoms. The van der Waals surface area contributed by atoms with Crippen LogP contribution in [0.25, 0.3) is 0 Å². The topological polar surface area (TPSA) is 173 Å². The van der Waals surface area contributed by atoms with Crippen molar-refractivity contribution >= 4 is 58.0 Å². The number of aromatic hydroxyl groups is 1. The van der Waals surface area contributed by atoms with Gasteiger partial charge in [0.1, 0.15) is 27.4 Å². The second kappa shape index (κ2) is 20.7. The number of hydrogen-bond donors (Lipinski definition) is 2. The van der Waals surface area contributed by atoms with Crippen LogP contribution < -0.4 is 14.6 Å². The fourth-order valence-electron chi connectivity index (χ4n) is 4.81. The van der Waals surface area contributed by atoms with Crippen molar-refractivity contribution in [3.63, 3.8) is 0 Å². The number of phenols is 1. The first-order chi connectivity index (χ1) is 22.8. The second-order valence-electron chi connectivity index (χ2n) is 11.2. The van der Waals surface area contributed by atoms with Crippen LogP contribution in [0.4, 0.5) is 0 Å². The largest absolute Gasteiger partial charge is 2.00 e. The van der Waals surface area contributed by atoms with Gasteiger partial charge in [-0.25, -0.2) is 8.42 Å². The van der Waals surface area contributed by atoms with Gasteiger partial charge in [0.25, 0.3) is 10.1 Å². The summed E-state index contributed by atoms with van der Waals surface area (Å²) in [7, 11) is -9.00. The molecule has 0 fully saturated rings. The van der Waals surface area contributed by atoms with Gasteiger partial charge in [0.2, 0.25) is 0 Å². The van der Waals surface area contributed by atoms with Crippen molar-refractivity contribution in [3.05, 3.63) is 96.1 Å². The SMILES string of the molecule is CCCCCCc1ccccc1Oc1ccc(S(=O)(=O)O)cc1O.CCCCCCc1ccccc1Oc1ccc(S(=O)(=O)[O-])cc1[O-].[Ca+2]. The van der Waals surface area contributed by atoms with Crippen molar-refractivity contribution in [2.75, 3.05) is 0 Å². The van der Waals surface area contributed by atoms with Crippen LogP contribution in [0.2, 0.25) is 0 Å². The number of para-hydroxylation sites is 2. The average Bonchev–Trinajstić information content (AvgIpc) is 3.04. The zero-order valence-electron chi connectivity index (χ0n) is 27.8. The molecule has 260 valence electrons. The van der Waals surface area contributed by atoms with E-state index in [-0.39, 0.29) is 59.9 Å². The zero-order chi connectivity index (χ0) is 35.2. The minimum Gasteiger partial charge on any atom is -0.870 e. The van der Waals surface area contributed by atoms with E-state index < -0.39 is 30.9 Å². The molecule has 13 heteroatoms. The smallest absolute Gasteiger partial charge is 0.870 e. The number of unbranched alkanes of at least 4 members (excludes halogenated alkanes) is 6. The molecule has 0 spiro atoms. The third kappa shape index (κ3) is 14.1. The molecule has 0 bridgehead atoms. The molecule has 0 heterocycles. The van der Waals surface area contributed by atoms with Crippen LogP contribution in [0.3, 0.4) is 0 Å². The summed E-state index contributed by atoms with van der Waals surface area (Å²) >= 11 is 0. The number of benzene rings is 4. The van der Waals surface area contributed by atoms with Crippen LogP contribution in [-0.2, 0) is 33.1 Å². The Morgan fingerprint density at radius 1 is 0.612 bits per heavy atom. The van der Waals surface area contributed by atoms with E-state index in [9.17, 15) is 31.6 Å². The van der Waals surface area contributed by atoms with Crippen LogP contribution >= 0.6 is 0 Å². The van der Waals surface area contributed by atoms with E-state index in [0.29, 0.717) is 11.5 Å². The molecule has 4 rings (SSSR count). The molecule has 0 radical (unpaired) electrons. The van der Waals surface area contributed by atoms with Crippen molar-refractivity contribution in [2.24, 2.45) is 0 Å². The molecule has 0 aliphatic carbocycles. The van der Waals surface area contributed by atoms with Gasteiger partial charge in [-0.05, 0) is 79.3 Å². The Balaban J connectivity index is 0.000000333. The number of ether oxygens (including phenoxy) is 2. The van der Waals surface area contributed by atoms with E-state index in [1.807, 2.05) is 42.5 Å². The minimum atomic E-state index is -4.65. The third-order valence-corrected chi connectivity index (χ3v) is 9.10. The van der Waals surface area contributed by atoms with Gasteiger partial charge in [0.05, 0.1) is 9.79 Å². The summed E-state index contributed by atoms with van der Waals surface area (Å²) in [5.41, 5.74) is 2.03. The fraction of sp³-hybridized carbons (Fsp3) is 0.333. The Morgan fingerprint density at radius 3 is 1.53 bits per heavy atom. The maximum absolute atomic E-state index is 12.0. The van der Waals surface area contributed by atoms with E-state index in [1.165, 1.54) is 37.5 Å². The molecule has 10 nitrogen and oxygen atoms in total. The van der Waals surface area contributed by atoms with Crippen LogP contribution in [0.15, 0.2) is 94.7 Å². The summed E-state index contributed by atoms with van der Waals surface area (Å²) in [5.74, 6) is 0.373. The molecule has 0 amide bonds. The normalized spacial score (nSPS) is 11.2. The molecule has 2 N–H and O–H groups in total. The maximum atomic E-state index is 12.0. The van der Waals surface area contributed by atoms with Gasteiger partial charge in [-0.2, -0.15) is 8.42 Å². The predicted molar refractivity (Wildman–Crippen MR) is 186 cm³/mol. The summed E-state index contributed by atoms with van der Waals surface area (Å²) in [6, 6.07) is 21.6. The third-order valence-electron chi connectivity index (χ3n) is 7.42. The molecule has 4 aromatic rings. The van der Waals surface area contributed by atoms with Crippen LogP contribution in [0.1, 0.15) is 76.3 Å². The van der Waals surface area contributed by atoms with E-state index in [2.05, 4.69) is 13.8 Å². The first kappa shape index (κ1) is 42.3. The van der Waals surface area contributed by atoms with Crippen LogP contribution in [0, 0.1) is 0 Å². The monoisotopic (exact) mass is 738 g/mol. The summed E-state index contributed by atoms with van der Waals surface area (Å²) in [4.78, 5) is -0.923. The number of phenolic OH excluding ortho intramolecular Hbond substituents is 1. The number of hydrogen-bond acceptors (Lipinski definition) is 9. The number of aryl methyl sites for hydroxylation is 2. The Kier molecular flexibility index (Phi) is 17.9. The molecule has 4 aromatic carbocycles. The van der Waals surface area contributed by atoms with Crippen LogP contribution in [0.5, 0.6) is 34.5 Å². The van der Waals surface area contributed by atoms with Crippen molar-refractivity contribution in [1.82, 2.24) is 0 Å². The van der Waals surface area contributed by atoms with Gasteiger partial charge in [-0.1, -0.05) is 94.5 Å². The van der Waals surface area contributed by atoms with Crippen molar-refractivity contribution in [1.29, 1.82) is 0 Å². The Hall–Kier alpha value is -2.84. The van der Waals surface area contributed by atoms with Gasteiger partial charge in [-0.3, -0.25) is 4.55 Å². The summed E-state index contributed by atoms with van der Waals surface area (Å²) in [5, 5.41) is 21.9. The average molecular weight is 739 g/mol. The maximum Gasteiger partial charge on any atom is 2.00 e. The molecule has 0 unspecified atom stereocenters. The first-order valence-corrected chi connectivity index (χ1v) is 18.8. The summed E-state index contributed by atoms with van der Waals surface area (Å²) in [6.45, 7) is 4.31. The Morgan fingerprint density at radius 2 is 1.08 bits per heavy atom. The van der Waals surface area contributed by atoms with Crippen LogP contribution in [-0.4, -0.2) is 68.8 Å².